The molecule has 2 fully saturated rings. The average Bonchev–Trinajstić information content (AvgIpc) is 2.87. The van der Waals surface area contributed by atoms with Crippen molar-refractivity contribution in [2.24, 2.45) is 17.8 Å². The van der Waals surface area contributed by atoms with E-state index in [9.17, 15) is 4.79 Å². The molecule has 0 aliphatic heterocycles. The van der Waals surface area contributed by atoms with Crippen LogP contribution in [0.5, 0.6) is 0 Å². The van der Waals surface area contributed by atoms with Gasteiger partial charge in [0, 0.05) is 24.0 Å². The van der Waals surface area contributed by atoms with Crippen LogP contribution in [0, 0.1) is 17.8 Å². The SMILES string of the molecule is O=C(Nc1ccncc1)C1CC2CC2C1. The average molecular weight is 202 g/mol. The molecule has 2 aliphatic rings. The van der Waals surface area contributed by atoms with E-state index >= 15 is 0 Å². The van der Waals surface area contributed by atoms with E-state index in [0.717, 1.165) is 30.4 Å². The van der Waals surface area contributed by atoms with Crippen molar-refractivity contribution in [3.05, 3.63) is 24.5 Å². The fraction of sp³-hybridized carbons (Fsp3) is 0.500. The molecular formula is C12H14N2O. The Morgan fingerprint density at radius 1 is 1.20 bits per heavy atom. The molecule has 2 unspecified atom stereocenters. The Balaban J connectivity index is 1.61. The number of fused-ring (bicyclic) bond motifs is 1. The molecule has 0 radical (unpaired) electrons. The zero-order valence-electron chi connectivity index (χ0n) is 8.52. The van der Waals surface area contributed by atoms with Crippen molar-refractivity contribution < 1.29 is 4.79 Å². The van der Waals surface area contributed by atoms with Crippen molar-refractivity contribution in [3.8, 4) is 0 Å². The van der Waals surface area contributed by atoms with E-state index in [1.807, 2.05) is 12.1 Å². The van der Waals surface area contributed by atoms with E-state index in [2.05, 4.69) is 10.3 Å². The van der Waals surface area contributed by atoms with E-state index < -0.39 is 0 Å². The molecule has 3 heteroatoms. The first-order valence-electron chi connectivity index (χ1n) is 5.54. The summed E-state index contributed by atoms with van der Waals surface area (Å²) < 4.78 is 0. The molecule has 0 saturated heterocycles. The van der Waals surface area contributed by atoms with Crippen molar-refractivity contribution >= 4 is 11.6 Å². The Kier molecular flexibility index (Phi) is 1.97. The Labute approximate surface area is 88.9 Å². The highest BCUT2D eigenvalue weighted by molar-refractivity contribution is 5.92. The molecule has 3 nitrogen and oxygen atoms in total. The lowest BCUT2D eigenvalue weighted by atomic mass is 10.0. The molecule has 1 aromatic heterocycles. The predicted molar refractivity (Wildman–Crippen MR) is 57.2 cm³/mol. The molecule has 3 rings (SSSR count). The molecule has 0 spiro atoms. The van der Waals surface area contributed by atoms with Gasteiger partial charge in [-0.3, -0.25) is 9.78 Å². The Morgan fingerprint density at radius 3 is 2.53 bits per heavy atom. The summed E-state index contributed by atoms with van der Waals surface area (Å²) in [5, 5.41) is 2.95. The highest BCUT2D eigenvalue weighted by Crippen LogP contribution is 2.54. The quantitative estimate of drug-likeness (QED) is 0.797. The second kappa shape index (κ2) is 3.33. The number of carbonyl (C=O) groups excluding carboxylic acids is 1. The van der Waals surface area contributed by atoms with Crippen molar-refractivity contribution in [1.29, 1.82) is 0 Å². The van der Waals surface area contributed by atoms with Crippen LogP contribution >= 0.6 is 0 Å². The zero-order valence-corrected chi connectivity index (χ0v) is 8.52. The molecule has 15 heavy (non-hydrogen) atoms. The largest absolute Gasteiger partial charge is 0.326 e. The summed E-state index contributed by atoms with van der Waals surface area (Å²) in [5.41, 5.74) is 0.857. The summed E-state index contributed by atoms with van der Waals surface area (Å²) in [5.74, 6) is 2.16. The van der Waals surface area contributed by atoms with Crippen LogP contribution in [-0.4, -0.2) is 10.9 Å². The molecule has 1 aromatic rings. The van der Waals surface area contributed by atoms with Crippen LogP contribution in [0.2, 0.25) is 0 Å². The summed E-state index contributed by atoms with van der Waals surface area (Å²) >= 11 is 0. The maximum Gasteiger partial charge on any atom is 0.227 e. The van der Waals surface area contributed by atoms with Gasteiger partial charge in [0.05, 0.1) is 0 Å². The van der Waals surface area contributed by atoms with Gasteiger partial charge in [0.2, 0.25) is 5.91 Å². The second-order valence-electron chi connectivity index (χ2n) is 4.65. The maximum absolute atomic E-state index is 11.8. The first-order chi connectivity index (χ1) is 7.33. The fourth-order valence-corrected chi connectivity index (χ4v) is 2.61. The summed E-state index contributed by atoms with van der Waals surface area (Å²) in [6.45, 7) is 0. The molecule has 0 bridgehead atoms. The van der Waals surface area contributed by atoms with Crippen LogP contribution in [0.1, 0.15) is 19.3 Å². The van der Waals surface area contributed by atoms with Gasteiger partial charge in [-0.1, -0.05) is 0 Å². The van der Waals surface area contributed by atoms with Gasteiger partial charge in [0.25, 0.3) is 0 Å². The van der Waals surface area contributed by atoms with Crippen LogP contribution < -0.4 is 5.32 Å². The van der Waals surface area contributed by atoms with Crippen LogP contribution in [0.4, 0.5) is 5.69 Å². The third-order valence-corrected chi connectivity index (χ3v) is 3.56. The molecular weight excluding hydrogens is 188 g/mol. The minimum Gasteiger partial charge on any atom is -0.326 e. The smallest absolute Gasteiger partial charge is 0.227 e. The number of rotatable bonds is 2. The van der Waals surface area contributed by atoms with Crippen LogP contribution in [0.15, 0.2) is 24.5 Å². The summed E-state index contributed by atoms with van der Waals surface area (Å²) in [6.07, 6.45) is 6.95. The number of anilines is 1. The number of hydrogen-bond acceptors (Lipinski definition) is 2. The van der Waals surface area contributed by atoms with E-state index in [1.54, 1.807) is 12.4 Å². The molecule has 1 amide bonds. The zero-order chi connectivity index (χ0) is 10.3. The van der Waals surface area contributed by atoms with Crippen LogP contribution in [0.25, 0.3) is 0 Å². The van der Waals surface area contributed by atoms with Crippen LogP contribution in [-0.2, 0) is 4.79 Å². The molecule has 2 saturated carbocycles. The normalized spacial score (nSPS) is 32.1. The Hall–Kier alpha value is -1.38. The van der Waals surface area contributed by atoms with Crippen molar-refractivity contribution in [2.75, 3.05) is 5.32 Å². The number of nitrogens with one attached hydrogen (secondary N) is 1. The highest BCUT2D eigenvalue weighted by Gasteiger charge is 2.47. The number of carbonyl (C=O) groups is 1. The predicted octanol–water partition coefficient (Wildman–Crippen LogP) is 2.07. The maximum atomic E-state index is 11.8. The minimum atomic E-state index is 0.188. The van der Waals surface area contributed by atoms with Crippen molar-refractivity contribution in [3.63, 3.8) is 0 Å². The monoisotopic (exact) mass is 202 g/mol. The molecule has 2 atom stereocenters. The van der Waals surface area contributed by atoms with Gasteiger partial charge in [-0.05, 0) is 43.2 Å². The van der Waals surface area contributed by atoms with Gasteiger partial charge in [-0.15, -0.1) is 0 Å². The van der Waals surface area contributed by atoms with Gasteiger partial charge in [0.1, 0.15) is 0 Å². The third kappa shape index (κ3) is 1.74. The number of amides is 1. The van der Waals surface area contributed by atoms with Crippen LogP contribution in [0.3, 0.4) is 0 Å². The molecule has 1 heterocycles. The molecule has 78 valence electrons. The number of hydrogen-bond donors (Lipinski definition) is 1. The van der Waals surface area contributed by atoms with Gasteiger partial charge in [0.15, 0.2) is 0 Å². The Bertz CT molecular complexity index is 366. The fourth-order valence-electron chi connectivity index (χ4n) is 2.61. The lowest BCUT2D eigenvalue weighted by Gasteiger charge is -2.11. The summed E-state index contributed by atoms with van der Waals surface area (Å²) in [6, 6.07) is 3.65. The molecule has 2 aliphatic carbocycles. The van der Waals surface area contributed by atoms with E-state index in [4.69, 9.17) is 0 Å². The first-order valence-corrected chi connectivity index (χ1v) is 5.54. The number of aromatic nitrogens is 1. The summed E-state index contributed by atoms with van der Waals surface area (Å²) in [4.78, 5) is 15.8. The van der Waals surface area contributed by atoms with Gasteiger partial charge < -0.3 is 5.32 Å². The minimum absolute atomic E-state index is 0.188. The molecule has 0 aromatic carbocycles. The lowest BCUT2D eigenvalue weighted by Crippen LogP contribution is -2.21. The second-order valence-corrected chi connectivity index (χ2v) is 4.65. The summed E-state index contributed by atoms with van der Waals surface area (Å²) in [7, 11) is 0. The van der Waals surface area contributed by atoms with E-state index in [0.29, 0.717) is 0 Å². The van der Waals surface area contributed by atoms with Crippen molar-refractivity contribution in [1.82, 2.24) is 4.98 Å². The molecule has 1 N–H and O–H groups in total. The van der Waals surface area contributed by atoms with Gasteiger partial charge in [-0.2, -0.15) is 0 Å². The topological polar surface area (TPSA) is 42.0 Å². The first kappa shape index (κ1) is 8.89. The van der Waals surface area contributed by atoms with Crippen molar-refractivity contribution in [2.45, 2.75) is 19.3 Å². The third-order valence-electron chi connectivity index (χ3n) is 3.56. The van der Waals surface area contributed by atoms with Gasteiger partial charge >= 0.3 is 0 Å². The Morgan fingerprint density at radius 2 is 1.87 bits per heavy atom. The lowest BCUT2D eigenvalue weighted by molar-refractivity contribution is -0.120. The van der Waals surface area contributed by atoms with E-state index in [1.165, 1.54) is 6.42 Å². The standard InChI is InChI=1S/C12H14N2O/c15-12(10-6-8-5-9(8)7-10)14-11-1-3-13-4-2-11/h1-4,8-10H,5-7H2,(H,13,14,15). The van der Waals surface area contributed by atoms with E-state index in [-0.39, 0.29) is 11.8 Å². The number of pyridine rings is 1. The number of nitrogens with zero attached hydrogens (tertiary/aromatic N) is 1. The highest BCUT2D eigenvalue weighted by atomic mass is 16.1. The van der Waals surface area contributed by atoms with Gasteiger partial charge in [-0.25, -0.2) is 0 Å².